The monoisotopic (exact) mass is 334 g/mol. The number of para-hydroxylation sites is 1. The second kappa shape index (κ2) is 6.97. The normalized spacial score (nSPS) is 15.4. The Bertz CT molecular complexity index is 817. The highest BCUT2D eigenvalue weighted by Gasteiger charge is 2.20. The number of carbonyl (C=O) groups excluding carboxylic acids is 1. The molecule has 4 rings (SSSR count). The van der Waals surface area contributed by atoms with E-state index in [0.717, 1.165) is 43.4 Å². The van der Waals surface area contributed by atoms with Gasteiger partial charge in [0.25, 0.3) is 5.91 Å². The number of aromatic nitrogens is 2. The Hall–Kier alpha value is -2.82. The molecule has 2 aromatic heterocycles. The molecule has 2 N–H and O–H groups in total. The van der Waals surface area contributed by atoms with Crippen molar-refractivity contribution in [3.8, 4) is 0 Å². The lowest BCUT2D eigenvalue weighted by Crippen LogP contribution is -2.38. The molecule has 0 aliphatic carbocycles. The number of aromatic amines is 1. The van der Waals surface area contributed by atoms with Crippen LogP contribution in [0.5, 0.6) is 0 Å². The minimum Gasteiger partial charge on any atom is -0.370 e. The van der Waals surface area contributed by atoms with Crippen LogP contribution in [-0.2, 0) is 0 Å². The highest BCUT2D eigenvalue weighted by molar-refractivity contribution is 5.97. The molecule has 5 nitrogen and oxygen atoms in total. The molecule has 1 aromatic carbocycles. The van der Waals surface area contributed by atoms with E-state index in [1.54, 1.807) is 6.20 Å². The van der Waals surface area contributed by atoms with E-state index in [0.29, 0.717) is 11.6 Å². The first kappa shape index (κ1) is 15.7. The molecule has 1 fully saturated rings. The van der Waals surface area contributed by atoms with Crippen LogP contribution in [0.2, 0.25) is 0 Å². The van der Waals surface area contributed by atoms with E-state index < -0.39 is 0 Å². The largest absolute Gasteiger partial charge is 0.370 e. The first-order valence-electron chi connectivity index (χ1n) is 8.80. The topological polar surface area (TPSA) is 61.0 Å². The molecule has 0 spiro atoms. The molecular weight excluding hydrogens is 312 g/mol. The number of hydrogen-bond acceptors (Lipinski definition) is 3. The van der Waals surface area contributed by atoms with Crippen molar-refractivity contribution in [1.29, 1.82) is 0 Å². The summed E-state index contributed by atoms with van der Waals surface area (Å²) in [6.45, 7) is 2.76. The van der Waals surface area contributed by atoms with Crippen LogP contribution in [0.1, 0.15) is 23.3 Å². The van der Waals surface area contributed by atoms with Crippen LogP contribution >= 0.6 is 0 Å². The zero-order chi connectivity index (χ0) is 17.1. The fourth-order valence-electron chi connectivity index (χ4n) is 3.46. The van der Waals surface area contributed by atoms with E-state index in [1.165, 1.54) is 5.69 Å². The Morgan fingerprint density at radius 3 is 2.80 bits per heavy atom. The number of carbonyl (C=O) groups is 1. The van der Waals surface area contributed by atoms with E-state index in [1.807, 2.05) is 42.6 Å². The van der Waals surface area contributed by atoms with Crippen LogP contribution in [-0.4, -0.2) is 35.5 Å². The standard InChI is InChI=1S/C20H22N4O/c25-20(19-12-16-4-1-2-6-18(16)23-19)22-13-15-7-10-24(11-8-15)17-5-3-9-21-14-17/h1-6,9,12,14-15,23H,7-8,10-11,13H2,(H,22,25). The van der Waals surface area contributed by atoms with Crippen LogP contribution in [0.4, 0.5) is 5.69 Å². The van der Waals surface area contributed by atoms with Crippen LogP contribution in [0, 0.1) is 5.92 Å². The number of amides is 1. The van der Waals surface area contributed by atoms with Crippen molar-refractivity contribution in [2.75, 3.05) is 24.5 Å². The molecule has 1 aliphatic rings. The first-order chi connectivity index (χ1) is 12.3. The number of nitrogens with one attached hydrogen (secondary N) is 2. The number of nitrogens with zero attached hydrogens (tertiary/aromatic N) is 2. The summed E-state index contributed by atoms with van der Waals surface area (Å²) in [5, 5.41) is 4.15. The fourth-order valence-corrected chi connectivity index (χ4v) is 3.46. The number of fused-ring (bicyclic) bond motifs is 1. The molecule has 1 aliphatic heterocycles. The molecule has 1 saturated heterocycles. The quantitative estimate of drug-likeness (QED) is 0.770. The SMILES string of the molecule is O=C(NCC1CCN(c2cccnc2)CC1)c1cc2ccccc2[nH]1. The smallest absolute Gasteiger partial charge is 0.267 e. The lowest BCUT2D eigenvalue weighted by molar-refractivity contribution is 0.0940. The van der Waals surface area contributed by atoms with Crippen LogP contribution < -0.4 is 10.2 Å². The van der Waals surface area contributed by atoms with Crippen molar-refractivity contribution in [2.45, 2.75) is 12.8 Å². The number of hydrogen-bond donors (Lipinski definition) is 2. The summed E-state index contributed by atoms with van der Waals surface area (Å²) in [5.74, 6) is 0.507. The van der Waals surface area contributed by atoms with Gasteiger partial charge in [-0.1, -0.05) is 18.2 Å². The van der Waals surface area contributed by atoms with Gasteiger partial charge in [-0.3, -0.25) is 9.78 Å². The summed E-state index contributed by atoms with van der Waals surface area (Å²) in [4.78, 5) is 22.1. The molecular formula is C20H22N4O. The second-order valence-electron chi connectivity index (χ2n) is 6.62. The van der Waals surface area contributed by atoms with Gasteiger partial charge in [-0.05, 0) is 43.0 Å². The van der Waals surface area contributed by atoms with Crippen LogP contribution in [0.15, 0.2) is 54.9 Å². The molecule has 3 heterocycles. The Labute approximate surface area is 147 Å². The van der Waals surface area contributed by atoms with E-state index >= 15 is 0 Å². The third-order valence-electron chi connectivity index (χ3n) is 4.95. The molecule has 0 atom stereocenters. The van der Waals surface area contributed by atoms with Crippen molar-refractivity contribution in [1.82, 2.24) is 15.3 Å². The van der Waals surface area contributed by atoms with Crippen molar-refractivity contribution in [3.05, 3.63) is 60.6 Å². The molecule has 0 bridgehead atoms. The Morgan fingerprint density at radius 2 is 2.04 bits per heavy atom. The van der Waals surface area contributed by atoms with Gasteiger partial charge in [0.1, 0.15) is 5.69 Å². The molecule has 1 amide bonds. The summed E-state index contributed by atoms with van der Waals surface area (Å²) in [6, 6.07) is 13.9. The number of benzene rings is 1. The van der Waals surface area contributed by atoms with Gasteiger partial charge in [-0.15, -0.1) is 0 Å². The van der Waals surface area contributed by atoms with Crippen molar-refractivity contribution in [2.24, 2.45) is 5.92 Å². The van der Waals surface area contributed by atoms with Gasteiger partial charge < -0.3 is 15.2 Å². The molecule has 0 radical (unpaired) electrons. The lowest BCUT2D eigenvalue weighted by Gasteiger charge is -2.33. The predicted molar refractivity (Wildman–Crippen MR) is 99.8 cm³/mol. The maximum absolute atomic E-state index is 12.4. The fraction of sp³-hybridized carbons (Fsp3) is 0.300. The van der Waals surface area contributed by atoms with Crippen molar-refractivity contribution >= 4 is 22.5 Å². The predicted octanol–water partition coefficient (Wildman–Crippen LogP) is 3.21. The Kier molecular flexibility index (Phi) is 4.37. The number of H-pyrrole nitrogens is 1. The molecule has 128 valence electrons. The highest BCUT2D eigenvalue weighted by atomic mass is 16.1. The van der Waals surface area contributed by atoms with Crippen molar-refractivity contribution < 1.29 is 4.79 Å². The van der Waals surface area contributed by atoms with Gasteiger partial charge in [0.05, 0.1) is 11.9 Å². The average molecular weight is 334 g/mol. The van der Waals surface area contributed by atoms with Gasteiger partial charge in [0, 0.05) is 36.7 Å². The number of anilines is 1. The van der Waals surface area contributed by atoms with Gasteiger partial charge in [0.15, 0.2) is 0 Å². The summed E-state index contributed by atoms with van der Waals surface area (Å²) >= 11 is 0. The van der Waals surface area contributed by atoms with E-state index in [2.05, 4.69) is 26.3 Å². The van der Waals surface area contributed by atoms with Crippen LogP contribution in [0.25, 0.3) is 10.9 Å². The van der Waals surface area contributed by atoms with Gasteiger partial charge in [-0.2, -0.15) is 0 Å². The Morgan fingerprint density at radius 1 is 1.20 bits per heavy atom. The first-order valence-corrected chi connectivity index (χ1v) is 8.80. The van der Waals surface area contributed by atoms with E-state index in [4.69, 9.17) is 0 Å². The van der Waals surface area contributed by atoms with Crippen molar-refractivity contribution in [3.63, 3.8) is 0 Å². The lowest BCUT2D eigenvalue weighted by atomic mass is 9.96. The molecule has 0 saturated carbocycles. The highest BCUT2D eigenvalue weighted by Crippen LogP contribution is 2.22. The molecule has 0 unspecified atom stereocenters. The summed E-state index contributed by atoms with van der Waals surface area (Å²) in [5.41, 5.74) is 2.81. The van der Waals surface area contributed by atoms with Crippen LogP contribution in [0.3, 0.4) is 0 Å². The number of rotatable bonds is 4. The molecule has 25 heavy (non-hydrogen) atoms. The van der Waals surface area contributed by atoms with Gasteiger partial charge >= 0.3 is 0 Å². The minimum absolute atomic E-state index is 0.0223. The summed E-state index contributed by atoms with van der Waals surface area (Å²) < 4.78 is 0. The third kappa shape index (κ3) is 3.50. The summed E-state index contributed by atoms with van der Waals surface area (Å²) in [6.07, 6.45) is 5.89. The maximum Gasteiger partial charge on any atom is 0.267 e. The van der Waals surface area contributed by atoms with E-state index in [9.17, 15) is 4.79 Å². The molecule has 3 aromatic rings. The Balaban J connectivity index is 1.29. The van der Waals surface area contributed by atoms with Gasteiger partial charge in [-0.25, -0.2) is 0 Å². The minimum atomic E-state index is -0.0223. The third-order valence-corrected chi connectivity index (χ3v) is 4.95. The summed E-state index contributed by atoms with van der Waals surface area (Å²) in [7, 11) is 0. The second-order valence-corrected chi connectivity index (χ2v) is 6.62. The number of pyridine rings is 1. The maximum atomic E-state index is 12.4. The van der Waals surface area contributed by atoms with E-state index in [-0.39, 0.29) is 5.91 Å². The zero-order valence-corrected chi connectivity index (χ0v) is 14.1. The average Bonchev–Trinajstić information content (AvgIpc) is 3.11. The molecule has 5 heteroatoms. The zero-order valence-electron chi connectivity index (χ0n) is 14.1. The van der Waals surface area contributed by atoms with Gasteiger partial charge in [0.2, 0.25) is 0 Å². The number of piperidine rings is 1.